The topological polar surface area (TPSA) is 55.1 Å². The van der Waals surface area contributed by atoms with Gasteiger partial charge in [-0.05, 0) is 53.9 Å². The van der Waals surface area contributed by atoms with Crippen LogP contribution in [-0.2, 0) is 19.5 Å². The Morgan fingerprint density at radius 3 is 2.47 bits per heavy atom. The maximum atomic E-state index is 14.5. The Bertz CT molecular complexity index is 1570. The van der Waals surface area contributed by atoms with E-state index >= 15 is 0 Å². The number of nitrogens with one attached hydrogen (secondary N) is 1. The van der Waals surface area contributed by atoms with Crippen molar-refractivity contribution >= 4 is 6.03 Å². The van der Waals surface area contributed by atoms with Gasteiger partial charge in [-0.25, -0.2) is 13.9 Å². The summed E-state index contributed by atoms with van der Waals surface area (Å²) in [4.78, 5) is 15.7. The van der Waals surface area contributed by atoms with E-state index in [9.17, 15) is 9.18 Å². The predicted octanol–water partition coefficient (Wildman–Crippen LogP) is 6.18. The molecule has 0 radical (unpaired) electrons. The average Bonchev–Trinajstić information content (AvgIpc) is 3.54. The molecule has 0 fully saturated rings. The van der Waals surface area contributed by atoms with E-state index in [4.69, 9.17) is 5.10 Å². The van der Waals surface area contributed by atoms with Gasteiger partial charge in [-0.3, -0.25) is 0 Å². The molecule has 1 unspecified atom stereocenters. The summed E-state index contributed by atoms with van der Waals surface area (Å²) < 4.78 is 18.5. The Kier molecular flexibility index (Phi) is 6.25. The molecule has 7 heteroatoms. The van der Waals surface area contributed by atoms with Crippen LogP contribution in [0.15, 0.2) is 103 Å². The number of fused-ring (bicyclic) bond motifs is 3. The van der Waals surface area contributed by atoms with Crippen molar-refractivity contribution in [2.24, 2.45) is 0 Å². The first kappa shape index (κ1) is 23.7. The average molecular weight is 506 g/mol. The molecule has 1 aliphatic heterocycles. The van der Waals surface area contributed by atoms with Crippen molar-refractivity contribution in [2.45, 2.75) is 32.5 Å². The van der Waals surface area contributed by atoms with Gasteiger partial charge in [-0.15, -0.1) is 0 Å². The van der Waals surface area contributed by atoms with Crippen LogP contribution in [0.25, 0.3) is 11.5 Å². The second-order valence-corrected chi connectivity index (χ2v) is 9.38. The van der Waals surface area contributed by atoms with Crippen molar-refractivity contribution in [3.8, 4) is 11.5 Å². The highest BCUT2D eigenvalue weighted by Gasteiger charge is 2.36. The lowest BCUT2D eigenvalue weighted by Crippen LogP contribution is -2.41. The smallest absolute Gasteiger partial charge is 0.318 e. The normalized spacial score (nSPS) is 14.5. The second kappa shape index (κ2) is 10.0. The minimum atomic E-state index is -0.502. The number of benzene rings is 3. The number of carbonyl (C=O) groups is 1. The monoisotopic (exact) mass is 505 g/mol. The number of carbonyl (C=O) groups excluding carboxylic acids is 1. The van der Waals surface area contributed by atoms with E-state index in [1.54, 1.807) is 11.0 Å². The van der Waals surface area contributed by atoms with Gasteiger partial charge in [0.25, 0.3) is 0 Å². The lowest BCUT2D eigenvalue weighted by atomic mass is 10.0. The number of para-hydroxylation sites is 1. The molecular weight excluding hydrogens is 477 g/mol. The summed E-state index contributed by atoms with van der Waals surface area (Å²) in [7, 11) is 0. The van der Waals surface area contributed by atoms with E-state index in [-0.39, 0.29) is 11.8 Å². The molecule has 0 saturated carbocycles. The summed E-state index contributed by atoms with van der Waals surface area (Å²) in [6.45, 7) is 2.79. The molecule has 5 aromatic rings. The van der Waals surface area contributed by atoms with Crippen molar-refractivity contribution in [1.29, 1.82) is 0 Å². The molecule has 3 aromatic carbocycles. The van der Waals surface area contributed by atoms with Crippen molar-refractivity contribution in [2.75, 3.05) is 0 Å². The molecule has 0 saturated heterocycles. The Morgan fingerprint density at radius 1 is 0.974 bits per heavy atom. The first-order chi connectivity index (χ1) is 18.6. The molecule has 38 heavy (non-hydrogen) atoms. The minimum absolute atomic E-state index is 0.224. The number of aromatic nitrogens is 3. The van der Waals surface area contributed by atoms with Gasteiger partial charge in [0.2, 0.25) is 0 Å². The minimum Gasteiger partial charge on any atom is -0.334 e. The third kappa shape index (κ3) is 4.26. The molecule has 1 aliphatic rings. The third-order valence-corrected chi connectivity index (χ3v) is 7.02. The number of aryl methyl sites for hydroxylation is 1. The van der Waals surface area contributed by atoms with E-state index in [2.05, 4.69) is 16.8 Å². The van der Waals surface area contributed by atoms with Crippen LogP contribution in [0, 0.1) is 5.82 Å². The predicted molar refractivity (Wildman–Crippen MR) is 145 cm³/mol. The van der Waals surface area contributed by atoms with Crippen LogP contribution in [0.2, 0.25) is 0 Å². The highest BCUT2D eigenvalue weighted by molar-refractivity contribution is 5.76. The fourth-order valence-corrected chi connectivity index (χ4v) is 5.25. The summed E-state index contributed by atoms with van der Waals surface area (Å²) in [6, 6.07) is 29.6. The van der Waals surface area contributed by atoms with Crippen LogP contribution in [-0.4, -0.2) is 25.3 Å². The van der Waals surface area contributed by atoms with Gasteiger partial charge in [0.15, 0.2) is 0 Å². The van der Waals surface area contributed by atoms with Crippen molar-refractivity contribution < 1.29 is 9.18 Å². The summed E-state index contributed by atoms with van der Waals surface area (Å²) in [6.07, 6.45) is 2.70. The zero-order chi connectivity index (χ0) is 26.1. The van der Waals surface area contributed by atoms with Gasteiger partial charge in [-0.1, -0.05) is 67.6 Å². The van der Waals surface area contributed by atoms with Crippen LogP contribution in [0.5, 0.6) is 0 Å². The molecule has 2 amide bonds. The Morgan fingerprint density at radius 2 is 1.74 bits per heavy atom. The Hall–Kier alpha value is -4.65. The summed E-state index contributed by atoms with van der Waals surface area (Å²) in [5.74, 6) is 0.560. The van der Waals surface area contributed by atoms with E-state index in [1.807, 2.05) is 89.7 Å². The van der Waals surface area contributed by atoms with E-state index in [1.165, 1.54) is 12.1 Å². The van der Waals surface area contributed by atoms with E-state index in [0.29, 0.717) is 25.1 Å². The molecule has 0 aliphatic carbocycles. The van der Waals surface area contributed by atoms with Crippen molar-refractivity contribution in [1.82, 2.24) is 24.6 Å². The molecule has 6 nitrogen and oxygen atoms in total. The van der Waals surface area contributed by atoms with Gasteiger partial charge in [0.05, 0.1) is 29.7 Å². The Labute approximate surface area is 221 Å². The highest BCUT2D eigenvalue weighted by atomic mass is 19.1. The number of hydrogen-bond acceptors (Lipinski definition) is 2. The van der Waals surface area contributed by atoms with Gasteiger partial charge in [0.1, 0.15) is 11.6 Å². The van der Waals surface area contributed by atoms with Crippen LogP contribution in [0.4, 0.5) is 9.18 Å². The zero-order valence-electron chi connectivity index (χ0n) is 21.1. The fourth-order valence-electron chi connectivity index (χ4n) is 5.25. The lowest BCUT2D eigenvalue weighted by molar-refractivity contribution is 0.180. The van der Waals surface area contributed by atoms with Crippen molar-refractivity contribution in [3.63, 3.8) is 0 Å². The van der Waals surface area contributed by atoms with Gasteiger partial charge in [0, 0.05) is 18.3 Å². The summed E-state index contributed by atoms with van der Waals surface area (Å²) in [5.41, 5.74) is 5.42. The molecule has 2 aromatic heterocycles. The quantitative estimate of drug-likeness (QED) is 0.310. The van der Waals surface area contributed by atoms with Crippen LogP contribution >= 0.6 is 0 Å². The molecule has 1 atom stereocenters. The SMILES string of the molecule is CCc1nn(-c2ccccc2)c2c1CN(C(=O)NCc1ccccc1)C(c1cccc(F)c1)c1cccn1-2. The molecule has 0 bridgehead atoms. The van der Waals surface area contributed by atoms with Gasteiger partial charge in [-0.2, -0.15) is 5.10 Å². The third-order valence-electron chi connectivity index (χ3n) is 7.02. The largest absolute Gasteiger partial charge is 0.334 e. The van der Waals surface area contributed by atoms with Crippen LogP contribution in [0.3, 0.4) is 0 Å². The summed E-state index contributed by atoms with van der Waals surface area (Å²) in [5, 5.41) is 8.07. The van der Waals surface area contributed by atoms with Gasteiger partial charge < -0.3 is 14.8 Å². The molecule has 0 spiro atoms. The lowest BCUT2D eigenvalue weighted by Gasteiger charge is -2.31. The standard InChI is InChI=1S/C31H28FN5O/c1-2-27-26-21-36(31(38)33-20-22-11-5-3-6-12-22)29(23-13-9-14-24(32)19-23)28-17-10-18-35(28)30(26)37(34-27)25-15-7-4-8-16-25/h3-19,29H,2,20-21H2,1H3,(H,33,38). The second-order valence-electron chi connectivity index (χ2n) is 9.38. The number of urea groups is 1. The van der Waals surface area contributed by atoms with Crippen LogP contribution < -0.4 is 5.32 Å². The number of nitrogens with zero attached hydrogens (tertiary/aromatic N) is 4. The Balaban J connectivity index is 1.51. The number of rotatable bonds is 5. The van der Waals surface area contributed by atoms with Crippen molar-refractivity contribution in [3.05, 3.63) is 137 Å². The number of halogens is 1. The number of hydrogen-bond donors (Lipinski definition) is 1. The van der Waals surface area contributed by atoms with Crippen LogP contribution in [0.1, 0.15) is 41.0 Å². The van der Waals surface area contributed by atoms with E-state index < -0.39 is 6.04 Å². The maximum Gasteiger partial charge on any atom is 0.318 e. The summed E-state index contributed by atoms with van der Waals surface area (Å²) >= 11 is 0. The fraction of sp³-hybridized carbons (Fsp3) is 0.161. The zero-order valence-corrected chi connectivity index (χ0v) is 21.1. The molecule has 6 rings (SSSR count). The molecule has 3 heterocycles. The number of amides is 2. The first-order valence-electron chi connectivity index (χ1n) is 12.8. The molecule has 190 valence electrons. The molecule has 1 N–H and O–H groups in total. The first-order valence-corrected chi connectivity index (χ1v) is 12.8. The maximum absolute atomic E-state index is 14.5. The van der Waals surface area contributed by atoms with E-state index in [0.717, 1.165) is 34.0 Å². The highest BCUT2D eigenvalue weighted by Crippen LogP contribution is 2.38. The van der Waals surface area contributed by atoms with Gasteiger partial charge >= 0.3 is 6.03 Å². The molecular formula is C31H28FN5O.